The van der Waals surface area contributed by atoms with E-state index in [1.54, 1.807) is 0 Å². The Morgan fingerprint density at radius 2 is 1.75 bits per heavy atom. The molecule has 2 heteroatoms. The summed E-state index contributed by atoms with van der Waals surface area (Å²) in [4.78, 5) is 0. The molecular formula is C22H35NO. The van der Waals surface area contributed by atoms with Crippen LogP contribution in [0.25, 0.3) is 0 Å². The maximum Gasteiger partial charge on any atom is 0.101 e. The molecule has 0 spiro atoms. The molecule has 1 aliphatic rings. The standard InChI is InChI=1S/C22H35NO/c1-16-10-11-19(17(2)14-23-15-21(4,5)6)12-13-20(16)18(3)24-22(7,8)9/h10-13,20,23H,2-3,14-15H2,1,4-9H3/t20-/m0/s1. The highest BCUT2D eigenvalue weighted by Gasteiger charge is 2.20. The monoisotopic (exact) mass is 329 g/mol. The quantitative estimate of drug-likeness (QED) is 0.644. The lowest BCUT2D eigenvalue weighted by Crippen LogP contribution is -2.28. The van der Waals surface area contributed by atoms with Crippen molar-refractivity contribution in [2.24, 2.45) is 11.3 Å². The molecule has 0 bridgehead atoms. The lowest BCUT2D eigenvalue weighted by atomic mass is 9.96. The second kappa shape index (κ2) is 8.02. The zero-order valence-corrected chi connectivity index (χ0v) is 16.6. The van der Waals surface area contributed by atoms with Gasteiger partial charge in [0.15, 0.2) is 0 Å². The van der Waals surface area contributed by atoms with Crippen LogP contribution in [0.3, 0.4) is 0 Å². The summed E-state index contributed by atoms with van der Waals surface area (Å²) >= 11 is 0. The Morgan fingerprint density at radius 3 is 2.29 bits per heavy atom. The fraction of sp³-hybridized carbons (Fsp3) is 0.545. The zero-order chi connectivity index (χ0) is 18.5. The lowest BCUT2D eigenvalue weighted by molar-refractivity contribution is 0.0432. The van der Waals surface area contributed by atoms with Crippen molar-refractivity contribution in [1.82, 2.24) is 5.32 Å². The summed E-state index contributed by atoms with van der Waals surface area (Å²) in [6.45, 7) is 25.1. The molecule has 0 fully saturated rings. The van der Waals surface area contributed by atoms with E-state index in [2.05, 4.69) is 70.5 Å². The molecule has 0 aromatic rings. The highest BCUT2D eigenvalue weighted by Crippen LogP contribution is 2.29. The van der Waals surface area contributed by atoms with Crippen LogP contribution in [0.5, 0.6) is 0 Å². The van der Waals surface area contributed by atoms with Gasteiger partial charge in [-0.05, 0) is 44.3 Å². The molecule has 1 aliphatic carbocycles. The molecule has 1 atom stereocenters. The number of rotatable bonds is 6. The summed E-state index contributed by atoms with van der Waals surface area (Å²) in [6.07, 6.45) is 8.58. The van der Waals surface area contributed by atoms with E-state index >= 15 is 0 Å². The first-order valence-electron chi connectivity index (χ1n) is 8.72. The lowest BCUT2D eigenvalue weighted by Gasteiger charge is -2.26. The minimum atomic E-state index is -0.228. The smallest absolute Gasteiger partial charge is 0.101 e. The maximum absolute atomic E-state index is 5.96. The Kier molecular flexibility index (Phi) is 6.86. The van der Waals surface area contributed by atoms with Crippen molar-refractivity contribution in [2.45, 2.75) is 54.1 Å². The van der Waals surface area contributed by atoms with Gasteiger partial charge >= 0.3 is 0 Å². The van der Waals surface area contributed by atoms with Crippen LogP contribution in [0.2, 0.25) is 0 Å². The van der Waals surface area contributed by atoms with Crippen molar-refractivity contribution in [3.63, 3.8) is 0 Å². The molecule has 0 radical (unpaired) electrons. The van der Waals surface area contributed by atoms with Crippen LogP contribution in [-0.2, 0) is 4.74 Å². The van der Waals surface area contributed by atoms with Gasteiger partial charge in [0.05, 0.1) is 5.92 Å². The number of allylic oxidation sites excluding steroid dienone is 4. The number of hydrogen-bond acceptors (Lipinski definition) is 2. The first kappa shape index (κ1) is 20.5. The van der Waals surface area contributed by atoms with E-state index in [0.29, 0.717) is 0 Å². The second-order valence-electron chi connectivity index (χ2n) is 8.82. The van der Waals surface area contributed by atoms with E-state index in [-0.39, 0.29) is 16.9 Å². The van der Waals surface area contributed by atoms with Gasteiger partial charge in [0.2, 0.25) is 0 Å². The minimum Gasteiger partial charge on any atom is -0.492 e. The van der Waals surface area contributed by atoms with Gasteiger partial charge in [-0.15, -0.1) is 0 Å². The van der Waals surface area contributed by atoms with Crippen LogP contribution in [0.4, 0.5) is 0 Å². The zero-order valence-electron chi connectivity index (χ0n) is 16.6. The summed E-state index contributed by atoms with van der Waals surface area (Å²) < 4.78 is 5.96. The number of hydrogen-bond donors (Lipinski definition) is 1. The topological polar surface area (TPSA) is 21.3 Å². The van der Waals surface area contributed by atoms with Gasteiger partial charge in [-0.2, -0.15) is 0 Å². The van der Waals surface area contributed by atoms with E-state index in [0.717, 1.165) is 30.0 Å². The first-order chi connectivity index (χ1) is 10.9. The van der Waals surface area contributed by atoms with Crippen molar-refractivity contribution in [3.05, 3.63) is 59.9 Å². The van der Waals surface area contributed by atoms with E-state index in [1.165, 1.54) is 5.57 Å². The van der Waals surface area contributed by atoms with Gasteiger partial charge in [0, 0.05) is 13.1 Å². The predicted molar refractivity (Wildman–Crippen MR) is 106 cm³/mol. The van der Waals surface area contributed by atoms with E-state index in [4.69, 9.17) is 4.74 Å². The van der Waals surface area contributed by atoms with E-state index in [1.807, 2.05) is 20.8 Å². The third-order valence-electron chi connectivity index (χ3n) is 3.67. The minimum absolute atomic E-state index is 0.105. The van der Waals surface area contributed by atoms with Crippen LogP contribution >= 0.6 is 0 Å². The van der Waals surface area contributed by atoms with E-state index < -0.39 is 0 Å². The Hall–Kier alpha value is -1.54. The molecule has 2 nitrogen and oxygen atoms in total. The SMILES string of the molecule is C=C(CNCC(C)(C)C)C1=CC=C(C)[C@@H](C(=C)OC(C)(C)C)C=C1. The normalized spacial score (nSPS) is 18.5. The summed E-state index contributed by atoms with van der Waals surface area (Å²) in [5.41, 5.74) is 3.53. The van der Waals surface area contributed by atoms with Crippen molar-refractivity contribution >= 4 is 0 Å². The van der Waals surface area contributed by atoms with Gasteiger partial charge in [-0.3, -0.25) is 0 Å². The molecule has 0 unspecified atom stereocenters. The van der Waals surface area contributed by atoms with Gasteiger partial charge in [-0.25, -0.2) is 0 Å². The summed E-state index contributed by atoms with van der Waals surface area (Å²) in [5.74, 6) is 0.895. The Morgan fingerprint density at radius 1 is 1.12 bits per heavy atom. The average Bonchev–Trinajstić information content (AvgIpc) is 2.57. The summed E-state index contributed by atoms with van der Waals surface area (Å²) in [7, 11) is 0. The predicted octanol–water partition coefficient (Wildman–Crippen LogP) is 5.57. The van der Waals surface area contributed by atoms with Crippen molar-refractivity contribution in [3.8, 4) is 0 Å². The first-order valence-corrected chi connectivity index (χ1v) is 8.72. The fourth-order valence-corrected chi connectivity index (χ4v) is 2.48. The van der Waals surface area contributed by atoms with Crippen LogP contribution in [0, 0.1) is 11.3 Å². The van der Waals surface area contributed by atoms with Gasteiger partial charge < -0.3 is 10.1 Å². The molecule has 0 aromatic carbocycles. The molecule has 0 aliphatic heterocycles. The van der Waals surface area contributed by atoms with Crippen LogP contribution in [0.1, 0.15) is 48.5 Å². The number of ether oxygens (including phenoxy) is 1. The van der Waals surface area contributed by atoms with Crippen LogP contribution < -0.4 is 5.32 Å². The Balaban J connectivity index is 2.73. The van der Waals surface area contributed by atoms with Crippen molar-refractivity contribution < 1.29 is 4.74 Å². The number of nitrogens with one attached hydrogen (secondary N) is 1. The van der Waals surface area contributed by atoms with Gasteiger partial charge in [0.1, 0.15) is 11.4 Å². The molecule has 0 saturated heterocycles. The molecule has 1 rings (SSSR count). The summed E-state index contributed by atoms with van der Waals surface area (Å²) in [6, 6.07) is 0. The molecule has 24 heavy (non-hydrogen) atoms. The van der Waals surface area contributed by atoms with Crippen molar-refractivity contribution in [1.29, 1.82) is 0 Å². The Bertz CT molecular complexity index is 562. The molecule has 0 aromatic heterocycles. The average molecular weight is 330 g/mol. The van der Waals surface area contributed by atoms with E-state index in [9.17, 15) is 0 Å². The molecular weight excluding hydrogens is 294 g/mol. The van der Waals surface area contributed by atoms with Crippen LogP contribution in [-0.4, -0.2) is 18.7 Å². The second-order valence-corrected chi connectivity index (χ2v) is 8.82. The van der Waals surface area contributed by atoms with Crippen molar-refractivity contribution in [2.75, 3.05) is 13.1 Å². The highest BCUT2D eigenvalue weighted by atomic mass is 16.5. The highest BCUT2D eigenvalue weighted by molar-refractivity contribution is 5.45. The molecule has 0 heterocycles. The molecule has 1 N–H and O–H groups in total. The molecule has 0 amide bonds. The molecule has 134 valence electrons. The molecule has 0 saturated carbocycles. The third-order valence-corrected chi connectivity index (χ3v) is 3.67. The Labute approximate surface area is 149 Å². The maximum atomic E-state index is 5.96. The summed E-state index contributed by atoms with van der Waals surface area (Å²) in [5, 5.41) is 3.48. The van der Waals surface area contributed by atoms with Crippen LogP contribution in [0.15, 0.2) is 59.9 Å². The van der Waals surface area contributed by atoms with Gasteiger partial charge in [0.25, 0.3) is 0 Å². The fourth-order valence-electron chi connectivity index (χ4n) is 2.48. The van der Waals surface area contributed by atoms with Gasteiger partial charge in [-0.1, -0.05) is 63.8 Å². The third kappa shape index (κ3) is 7.35. The largest absolute Gasteiger partial charge is 0.492 e.